The minimum atomic E-state index is -0.212. The lowest BCUT2D eigenvalue weighted by Gasteiger charge is -2.29. The van der Waals surface area contributed by atoms with Gasteiger partial charge in [0.1, 0.15) is 26.2 Å². The van der Waals surface area contributed by atoms with E-state index in [-0.39, 0.29) is 24.4 Å². The van der Waals surface area contributed by atoms with Crippen LogP contribution in [0.5, 0.6) is 11.5 Å². The summed E-state index contributed by atoms with van der Waals surface area (Å²) >= 11 is 0. The molecule has 172 valence electrons. The van der Waals surface area contributed by atoms with Crippen molar-refractivity contribution in [3.8, 4) is 11.5 Å². The maximum atomic E-state index is 12.5. The number of piperazine rings is 1. The van der Waals surface area contributed by atoms with E-state index >= 15 is 0 Å². The largest absolute Gasteiger partial charge is 0.493 e. The van der Waals surface area contributed by atoms with Gasteiger partial charge in [-0.05, 0) is 19.1 Å². The highest BCUT2D eigenvalue weighted by atomic mass is 16.5. The second-order valence-corrected chi connectivity index (χ2v) is 8.30. The Bertz CT molecular complexity index is 751. The Morgan fingerprint density at radius 1 is 1.13 bits per heavy atom. The first-order valence-corrected chi connectivity index (χ1v) is 11.3. The van der Waals surface area contributed by atoms with Crippen molar-refractivity contribution in [1.29, 1.82) is 0 Å². The van der Waals surface area contributed by atoms with E-state index < -0.39 is 0 Å². The Hall–Kier alpha value is -2.52. The molecule has 3 rings (SSSR count). The topological polar surface area (TPSA) is 88.8 Å². The first kappa shape index (κ1) is 23.1. The number of hydrogen-bond donors (Lipinski definition) is 4. The molecule has 31 heavy (non-hydrogen) atoms. The van der Waals surface area contributed by atoms with E-state index in [2.05, 4.69) is 17.6 Å². The van der Waals surface area contributed by atoms with Crippen LogP contribution in [0.4, 0.5) is 10.5 Å². The molecule has 0 radical (unpaired) electrons. The normalized spacial score (nSPS) is 23.5. The van der Waals surface area contributed by atoms with Crippen molar-refractivity contribution in [3.63, 3.8) is 0 Å². The number of anilines is 1. The summed E-state index contributed by atoms with van der Waals surface area (Å²) < 4.78 is 10.6. The minimum Gasteiger partial charge on any atom is -0.493 e. The Morgan fingerprint density at radius 3 is 2.52 bits per heavy atom. The van der Waals surface area contributed by atoms with Crippen LogP contribution in [0.2, 0.25) is 0 Å². The molecular formula is C22H37N5O4+2. The fourth-order valence-corrected chi connectivity index (χ4v) is 4.38. The second kappa shape index (κ2) is 11.2. The van der Waals surface area contributed by atoms with Crippen LogP contribution in [0.25, 0.3) is 0 Å². The number of likely N-dealkylation sites (N-methyl/N-ethyl adjacent to an activating group) is 1. The van der Waals surface area contributed by atoms with E-state index in [4.69, 9.17) is 9.47 Å². The lowest BCUT2D eigenvalue weighted by Crippen LogP contribution is -3.28. The van der Waals surface area contributed by atoms with Crippen LogP contribution in [0.3, 0.4) is 0 Å². The van der Waals surface area contributed by atoms with Gasteiger partial charge in [0.25, 0.3) is 0 Å². The molecule has 2 aliphatic rings. The summed E-state index contributed by atoms with van der Waals surface area (Å²) in [6.07, 6.45) is 1.25. The standard InChI is InChI=1S/C22H35N5O4/c1-4-25-10-12-26(13-11-25)9-5-8-23-22(29)24-17-14-21(28)27(16-17)18-6-7-19(30-2)20(15-18)31-3/h6-7,15,17H,4-5,8-14,16H2,1-3H3,(H2,23,24,29)/p+2/t17-/m0/s1. The van der Waals surface area contributed by atoms with Gasteiger partial charge in [0, 0.05) is 37.7 Å². The summed E-state index contributed by atoms with van der Waals surface area (Å²) in [5.41, 5.74) is 0.736. The van der Waals surface area contributed by atoms with Gasteiger partial charge >= 0.3 is 6.03 Å². The summed E-state index contributed by atoms with van der Waals surface area (Å²) in [4.78, 5) is 29.7. The quantitative estimate of drug-likeness (QED) is 0.348. The summed E-state index contributed by atoms with van der Waals surface area (Å²) in [5.74, 6) is 1.17. The number of urea groups is 1. The van der Waals surface area contributed by atoms with Crippen molar-refractivity contribution in [2.45, 2.75) is 25.8 Å². The van der Waals surface area contributed by atoms with Gasteiger partial charge in [-0.1, -0.05) is 0 Å². The van der Waals surface area contributed by atoms with Crippen molar-refractivity contribution >= 4 is 17.6 Å². The van der Waals surface area contributed by atoms with E-state index in [1.54, 1.807) is 41.1 Å². The Balaban J connectivity index is 1.39. The molecule has 1 atom stereocenters. The number of carbonyl (C=O) groups is 2. The molecule has 2 aliphatic heterocycles. The Morgan fingerprint density at radius 2 is 1.84 bits per heavy atom. The third-order valence-electron chi connectivity index (χ3n) is 6.30. The first-order chi connectivity index (χ1) is 15.0. The van der Waals surface area contributed by atoms with Gasteiger partial charge in [0.15, 0.2) is 11.5 Å². The van der Waals surface area contributed by atoms with E-state index in [0.717, 1.165) is 18.7 Å². The fraction of sp³-hybridized carbons (Fsp3) is 0.636. The number of benzene rings is 1. The van der Waals surface area contributed by atoms with Gasteiger partial charge < -0.3 is 34.8 Å². The van der Waals surface area contributed by atoms with Crippen LogP contribution in [0, 0.1) is 0 Å². The summed E-state index contributed by atoms with van der Waals surface area (Å²) in [6.45, 7) is 10.5. The third-order valence-corrected chi connectivity index (χ3v) is 6.30. The predicted molar refractivity (Wildman–Crippen MR) is 118 cm³/mol. The average Bonchev–Trinajstić information content (AvgIpc) is 3.16. The Labute approximate surface area is 184 Å². The monoisotopic (exact) mass is 435 g/mol. The molecule has 4 N–H and O–H groups in total. The summed E-state index contributed by atoms with van der Waals surface area (Å²) in [5, 5.41) is 5.87. The lowest BCUT2D eigenvalue weighted by atomic mass is 10.2. The number of methoxy groups -OCH3 is 2. The average molecular weight is 436 g/mol. The highest BCUT2D eigenvalue weighted by Crippen LogP contribution is 2.33. The SMILES string of the molecule is CC[NH+]1CC[NH+](CCCNC(=O)N[C@H]2CC(=O)N(c3ccc(OC)c(OC)c3)C2)CC1. The van der Waals surface area contributed by atoms with E-state index in [0.29, 0.717) is 24.6 Å². The van der Waals surface area contributed by atoms with Crippen LogP contribution in [-0.2, 0) is 4.79 Å². The van der Waals surface area contributed by atoms with Gasteiger partial charge in [-0.15, -0.1) is 0 Å². The van der Waals surface area contributed by atoms with Crippen LogP contribution >= 0.6 is 0 Å². The zero-order valence-electron chi connectivity index (χ0n) is 19.0. The maximum Gasteiger partial charge on any atom is 0.315 e. The summed E-state index contributed by atoms with van der Waals surface area (Å²) in [7, 11) is 3.14. The molecule has 0 aromatic heterocycles. The molecule has 0 saturated carbocycles. The zero-order valence-corrected chi connectivity index (χ0v) is 19.0. The molecule has 1 aromatic carbocycles. The van der Waals surface area contributed by atoms with E-state index in [1.807, 2.05) is 6.07 Å². The highest BCUT2D eigenvalue weighted by molar-refractivity contribution is 5.97. The summed E-state index contributed by atoms with van der Waals surface area (Å²) in [6, 6.07) is 4.97. The van der Waals surface area contributed by atoms with Crippen molar-refractivity contribution in [3.05, 3.63) is 18.2 Å². The molecule has 2 fully saturated rings. The number of nitrogens with zero attached hydrogens (tertiary/aromatic N) is 1. The Kier molecular flexibility index (Phi) is 8.36. The second-order valence-electron chi connectivity index (χ2n) is 8.30. The predicted octanol–water partition coefficient (Wildman–Crippen LogP) is -1.70. The molecule has 1 aromatic rings. The molecule has 9 nitrogen and oxygen atoms in total. The molecule has 2 heterocycles. The molecule has 2 saturated heterocycles. The van der Waals surface area contributed by atoms with Crippen LogP contribution in [0.1, 0.15) is 19.8 Å². The molecule has 9 heteroatoms. The van der Waals surface area contributed by atoms with Crippen molar-refractivity contribution in [1.82, 2.24) is 10.6 Å². The molecule has 0 aliphatic carbocycles. The van der Waals surface area contributed by atoms with Gasteiger partial charge in [0.05, 0.1) is 33.4 Å². The number of nitrogens with one attached hydrogen (secondary N) is 4. The van der Waals surface area contributed by atoms with Crippen LogP contribution < -0.4 is 34.8 Å². The van der Waals surface area contributed by atoms with Gasteiger partial charge in [-0.3, -0.25) is 4.79 Å². The number of amides is 3. The molecule has 0 spiro atoms. The smallest absolute Gasteiger partial charge is 0.315 e. The highest BCUT2D eigenvalue weighted by Gasteiger charge is 2.32. The molecule has 3 amide bonds. The van der Waals surface area contributed by atoms with E-state index in [9.17, 15) is 9.59 Å². The lowest BCUT2D eigenvalue weighted by molar-refractivity contribution is -1.01. The van der Waals surface area contributed by atoms with Gasteiger partial charge in [0.2, 0.25) is 5.91 Å². The number of hydrogen-bond acceptors (Lipinski definition) is 4. The van der Waals surface area contributed by atoms with E-state index in [1.165, 1.54) is 32.7 Å². The number of ether oxygens (including phenoxy) is 2. The molecule has 0 bridgehead atoms. The number of rotatable bonds is 9. The minimum absolute atomic E-state index is 0.0190. The third kappa shape index (κ3) is 6.24. The van der Waals surface area contributed by atoms with Crippen molar-refractivity contribution < 1.29 is 28.9 Å². The van der Waals surface area contributed by atoms with Crippen molar-refractivity contribution in [2.75, 3.05) is 71.5 Å². The molecular weight excluding hydrogens is 398 g/mol. The van der Waals surface area contributed by atoms with Crippen LogP contribution in [-0.4, -0.2) is 84.6 Å². The van der Waals surface area contributed by atoms with Gasteiger partial charge in [-0.25, -0.2) is 4.79 Å². The van der Waals surface area contributed by atoms with Gasteiger partial charge in [-0.2, -0.15) is 0 Å². The maximum absolute atomic E-state index is 12.5. The first-order valence-electron chi connectivity index (χ1n) is 11.3. The fourth-order valence-electron chi connectivity index (χ4n) is 4.38. The zero-order chi connectivity index (χ0) is 22.2. The number of carbonyl (C=O) groups excluding carboxylic acids is 2. The van der Waals surface area contributed by atoms with Crippen LogP contribution in [0.15, 0.2) is 18.2 Å². The van der Waals surface area contributed by atoms with Crippen molar-refractivity contribution in [2.24, 2.45) is 0 Å². The number of quaternary nitrogens is 2. The molecule has 0 unspecified atom stereocenters.